The summed E-state index contributed by atoms with van der Waals surface area (Å²) in [6, 6.07) is 12.0. The first-order chi connectivity index (χ1) is 15.0. The van der Waals surface area contributed by atoms with E-state index in [2.05, 4.69) is 4.99 Å². The number of nitrogens with zero attached hydrogens (tertiary/aromatic N) is 1. The molecule has 4 aliphatic rings. The van der Waals surface area contributed by atoms with Gasteiger partial charge in [-0.1, -0.05) is 54.6 Å². The molecular formula is C25H15NO4S. The van der Waals surface area contributed by atoms with E-state index in [9.17, 15) is 13.2 Å². The fourth-order valence-corrected chi connectivity index (χ4v) is 5.68. The van der Waals surface area contributed by atoms with Crippen molar-refractivity contribution in [3.63, 3.8) is 0 Å². The van der Waals surface area contributed by atoms with E-state index < -0.39 is 15.4 Å². The number of carbonyl (C=O) groups excluding carboxylic acids is 1. The van der Waals surface area contributed by atoms with Crippen molar-refractivity contribution in [2.24, 2.45) is 4.99 Å². The number of fused-ring (bicyclic) bond motifs is 3. The molecule has 1 unspecified atom stereocenters. The normalized spacial score (nSPS) is 22.5. The Morgan fingerprint density at radius 1 is 0.903 bits per heavy atom. The number of amides is 1. The van der Waals surface area contributed by atoms with Gasteiger partial charge in [-0.05, 0) is 30.4 Å². The van der Waals surface area contributed by atoms with Crippen molar-refractivity contribution in [2.45, 2.75) is 10.5 Å². The number of hydrogen-bond donors (Lipinski definition) is 0. The molecule has 2 aliphatic heterocycles. The van der Waals surface area contributed by atoms with Crippen molar-refractivity contribution < 1.29 is 17.9 Å². The summed E-state index contributed by atoms with van der Waals surface area (Å²) in [6.45, 7) is 0. The lowest BCUT2D eigenvalue weighted by Gasteiger charge is -2.41. The largest absolute Gasteiger partial charge is 0.472 e. The maximum absolute atomic E-state index is 13.3. The Kier molecular flexibility index (Phi) is 3.56. The van der Waals surface area contributed by atoms with Gasteiger partial charge in [-0.2, -0.15) is 0 Å². The standard InChI is InChI=1S/C25H15NO4S/c27-24-22-17(15-26-24)10-9-16-13-19-6-4-5-18-11-12-21(14-25(18,19)30-23(16)22)31(28,29)20-7-2-1-3-8-20/h1-15H. The van der Waals surface area contributed by atoms with Gasteiger partial charge in [0.2, 0.25) is 9.84 Å². The van der Waals surface area contributed by atoms with Crippen LogP contribution in [0.2, 0.25) is 0 Å². The van der Waals surface area contributed by atoms with Crippen LogP contribution in [0.15, 0.2) is 105 Å². The molecule has 1 spiro atoms. The van der Waals surface area contributed by atoms with Crippen LogP contribution in [0.4, 0.5) is 0 Å². The minimum atomic E-state index is -3.74. The summed E-state index contributed by atoms with van der Waals surface area (Å²) in [5.41, 5.74) is 2.33. The third-order valence-corrected chi connectivity index (χ3v) is 7.64. The van der Waals surface area contributed by atoms with E-state index in [1.54, 1.807) is 48.6 Å². The molecule has 0 radical (unpaired) electrons. The molecule has 0 saturated heterocycles. The highest BCUT2D eigenvalue weighted by Gasteiger charge is 2.45. The molecule has 0 saturated carbocycles. The summed E-state index contributed by atoms with van der Waals surface area (Å²) < 4.78 is 33.1. The van der Waals surface area contributed by atoms with Gasteiger partial charge in [-0.3, -0.25) is 4.79 Å². The zero-order valence-corrected chi connectivity index (χ0v) is 17.0. The smallest absolute Gasteiger partial charge is 0.281 e. The first-order valence-electron chi connectivity index (χ1n) is 9.76. The summed E-state index contributed by atoms with van der Waals surface area (Å²) in [5.74, 6) is 0.0670. The molecule has 1 amide bonds. The van der Waals surface area contributed by atoms with Crippen LogP contribution < -0.4 is 4.74 Å². The highest BCUT2D eigenvalue weighted by atomic mass is 32.2. The highest BCUT2D eigenvalue weighted by Crippen LogP contribution is 2.48. The summed E-state index contributed by atoms with van der Waals surface area (Å²) >= 11 is 0. The summed E-state index contributed by atoms with van der Waals surface area (Å²) in [6.07, 6.45) is 14.2. The summed E-state index contributed by atoms with van der Waals surface area (Å²) in [7, 11) is -3.74. The number of ether oxygens (including phenoxy) is 1. The minimum absolute atomic E-state index is 0.149. The topological polar surface area (TPSA) is 72.8 Å². The minimum Gasteiger partial charge on any atom is -0.472 e. The molecule has 2 aromatic rings. The van der Waals surface area contributed by atoms with Gasteiger partial charge < -0.3 is 4.74 Å². The molecule has 0 fully saturated rings. The molecule has 1 atom stereocenters. The summed E-state index contributed by atoms with van der Waals surface area (Å²) in [4.78, 5) is 16.7. The SMILES string of the molecule is O=C1N=Cc2ccc3c(c21)OC12C=C(S(=O)(=O)c4ccccc4)C=CC1=CC=CC2=C3. The van der Waals surface area contributed by atoms with Crippen LogP contribution in [0.3, 0.4) is 0 Å². The van der Waals surface area contributed by atoms with E-state index in [0.29, 0.717) is 16.9 Å². The van der Waals surface area contributed by atoms with Crippen LogP contribution in [0.5, 0.6) is 5.75 Å². The number of hydrogen-bond acceptors (Lipinski definition) is 4. The van der Waals surface area contributed by atoms with Gasteiger partial charge in [-0.15, -0.1) is 0 Å². The molecule has 0 aromatic heterocycles. The Bertz CT molecular complexity index is 1470. The molecule has 5 nitrogen and oxygen atoms in total. The van der Waals surface area contributed by atoms with E-state index in [1.165, 1.54) is 6.21 Å². The van der Waals surface area contributed by atoms with Gasteiger partial charge in [0.25, 0.3) is 5.91 Å². The van der Waals surface area contributed by atoms with Gasteiger partial charge in [0.05, 0.1) is 15.4 Å². The molecule has 6 rings (SSSR count). The number of carbonyl (C=O) groups is 1. The quantitative estimate of drug-likeness (QED) is 0.723. The Labute approximate surface area is 179 Å². The molecule has 2 aromatic carbocycles. The first kappa shape index (κ1) is 18.0. The van der Waals surface area contributed by atoms with Crippen LogP contribution >= 0.6 is 0 Å². The fourth-order valence-electron chi connectivity index (χ4n) is 4.33. The monoisotopic (exact) mass is 425 g/mol. The zero-order chi connectivity index (χ0) is 21.2. The first-order valence-corrected chi connectivity index (χ1v) is 11.2. The summed E-state index contributed by atoms with van der Waals surface area (Å²) in [5, 5.41) is 0. The Balaban J connectivity index is 1.56. The Hall–Kier alpha value is -3.77. The van der Waals surface area contributed by atoms with Crippen LogP contribution in [-0.4, -0.2) is 26.1 Å². The maximum Gasteiger partial charge on any atom is 0.281 e. The van der Waals surface area contributed by atoms with Gasteiger partial charge in [-0.25, -0.2) is 13.4 Å². The van der Waals surface area contributed by atoms with Gasteiger partial charge in [0, 0.05) is 28.5 Å². The average Bonchev–Trinajstić information content (AvgIpc) is 3.18. The zero-order valence-electron chi connectivity index (χ0n) is 16.1. The fraction of sp³-hybridized carbons (Fsp3) is 0.0400. The maximum atomic E-state index is 13.3. The number of benzene rings is 2. The van der Waals surface area contributed by atoms with Crippen LogP contribution in [0.1, 0.15) is 21.5 Å². The third kappa shape index (κ3) is 2.45. The molecule has 31 heavy (non-hydrogen) atoms. The van der Waals surface area contributed by atoms with E-state index in [0.717, 1.165) is 16.7 Å². The Morgan fingerprint density at radius 3 is 2.55 bits per heavy atom. The predicted octanol–water partition coefficient (Wildman–Crippen LogP) is 4.20. The van der Waals surface area contributed by atoms with Gasteiger partial charge >= 0.3 is 0 Å². The lowest BCUT2D eigenvalue weighted by Crippen LogP contribution is -2.42. The van der Waals surface area contributed by atoms with Crippen LogP contribution in [0, 0.1) is 0 Å². The van der Waals surface area contributed by atoms with Crippen molar-refractivity contribution in [1.29, 1.82) is 0 Å². The molecular weight excluding hydrogens is 410 g/mol. The van der Waals surface area contributed by atoms with E-state index in [4.69, 9.17) is 4.74 Å². The average molecular weight is 425 g/mol. The van der Waals surface area contributed by atoms with Crippen molar-refractivity contribution in [3.05, 3.63) is 112 Å². The highest BCUT2D eigenvalue weighted by molar-refractivity contribution is 7.95. The molecule has 150 valence electrons. The van der Waals surface area contributed by atoms with Crippen LogP contribution in [0.25, 0.3) is 6.08 Å². The predicted molar refractivity (Wildman–Crippen MR) is 118 cm³/mol. The van der Waals surface area contributed by atoms with Crippen molar-refractivity contribution in [3.8, 4) is 5.75 Å². The number of allylic oxidation sites excluding steroid dienone is 3. The molecule has 0 N–H and O–H groups in total. The van der Waals surface area contributed by atoms with Gasteiger partial charge in [0.1, 0.15) is 5.75 Å². The lowest BCUT2D eigenvalue weighted by atomic mass is 9.77. The molecule has 0 bridgehead atoms. The number of aliphatic imine (C=N–C) groups is 1. The second kappa shape index (κ2) is 6.12. The van der Waals surface area contributed by atoms with Crippen LogP contribution in [-0.2, 0) is 9.84 Å². The van der Waals surface area contributed by atoms with E-state index >= 15 is 0 Å². The van der Waals surface area contributed by atoms with Gasteiger partial charge in [0.15, 0.2) is 5.60 Å². The Morgan fingerprint density at radius 2 is 1.71 bits per heavy atom. The van der Waals surface area contributed by atoms with Crippen molar-refractivity contribution in [2.75, 3.05) is 0 Å². The molecule has 2 heterocycles. The second-order valence-electron chi connectivity index (χ2n) is 7.63. The lowest BCUT2D eigenvalue weighted by molar-refractivity contribution is 0.0998. The number of rotatable bonds is 2. The molecule has 2 aliphatic carbocycles. The third-order valence-electron chi connectivity index (χ3n) is 5.87. The number of sulfone groups is 1. The van der Waals surface area contributed by atoms with Crippen molar-refractivity contribution >= 4 is 28.0 Å². The van der Waals surface area contributed by atoms with E-state index in [-0.39, 0.29) is 15.7 Å². The second-order valence-corrected chi connectivity index (χ2v) is 9.58. The van der Waals surface area contributed by atoms with Crippen molar-refractivity contribution in [1.82, 2.24) is 0 Å². The molecule has 6 heteroatoms. The van der Waals surface area contributed by atoms with E-state index in [1.807, 2.05) is 36.4 Å².